The molecule has 0 saturated carbocycles. The fraction of sp³-hybridized carbons (Fsp3) is 0.100. The summed E-state index contributed by atoms with van der Waals surface area (Å²) in [5.41, 5.74) is 1.50. The van der Waals surface area contributed by atoms with E-state index in [1.54, 1.807) is 30.4 Å². The Bertz CT molecular complexity index is 843. The van der Waals surface area contributed by atoms with Crippen molar-refractivity contribution in [1.29, 1.82) is 0 Å². The second-order valence-corrected chi connectivity index (χ2v) is 6.20. The van der Waals surface area contributed by atoms with Gasteiger partial charge in [-0.15, -0.1) is 0 Å². The molecular weight excluding hydrogens is 334 g/mol. The van der Waals surface area contributed by atoms with E-state index in [0.29, 0.717) is 22.9 Å². The van der Waals surface area contributed by atoms with E-state index in [1.165, 1.54) is 0 Å². The highest BCUT2D eigenvalue weighted by molar-refractivity contribution is 8.18. The molecule has 5 heteroatoms. The Hall–Kier alpha value is -2.79. The van der Waals surface area contributed by atoms with Crippen LogP contribution in [0.2, 0.25) is 0 Å². The van der Waals surface area contributed by atoms with Gasteiger partial charge in [0.15, 0.2) is 0 Å². The molecule has 25 heavy (non-hydrogen) atoms. The van der Waals surface area contributed by atoms with Gasteiger partial charge in [-0.2, -0.15) is 0 Å². The van der Waals surface area contributed by atoms with Gasteiger partial charge in [-0.25, -0.2) is 4.90 Å². The molecule has 1 aliphatic rings. The van der Waals surface area contributed by atoms with Gasteiger partial charge in [-0.1, -0.05) is 54.6 Å². The summed E-state index contributed by atoms with van der Waals surface area (Å²) in [5, 5.41) is -0.323. The highest BCUT2D eigenvalue weighted by Gasteiger charge is 2.37. The smallest absolute Gasteiger partial charge is 0.298 e. The Morgan fingerprint density at radius 3 is 2.52 bits per heavy atom. The standard InChI is InChI=1S/C20H17NO3S/c1-2-24-17-13-7-6-12-16(17)21-19(22)18(25-20(21)23)14-8-11-15-9-4-3-5-10-15/h3-14H,2H2,1H3/b11-8+,18-14-. The molecule has 0 bridgehead atoms. The average Bonchev–Trinajstić information content (AvgIpc) is 2.91. The summed E-state index contributed by atoms with van der Waals surface area (Å²) in [4.78, 5) is 26.5. The molecule has 0 aliphatic carbocycles. The van der Waals surface area contributed by atoms with Crippen molar-refractivity contribution in [3.05, 3.63) is 77.2 Å². The van der Waals surface area contributed by atoms with Gasteiger partial charge in [0.25, 0.3) is 11.1 Å². The van der Waals surface area contributed by atoms with Crippen molar-refractivity contribution in [2.75, 3.05) is 11.5 Å². The molecule has 0 aromatic heterocycles. The van der Waals surface area contributed by atoms with Crippen LogP contribution < -0.4 is 9.64 Å². The maximum atomic E-state index is 12.6. The number of hydrogen-bond donors (Lipinski definition) is 0. The summed E-state index contributed by atoms with van der Waals surface area (Å²) in [6.07, 6.45) is 5.34. The lowest BCUT2D eigenvalue weighted by Gasteiger charge is -2.16. The summed E-state index contributed by atoms with van der Waals surface area (Å²) in [6, 6.07) is 16.8. The third-order valence-corrected chi connectivity index (χ3v) is 4.42. The maximum absolute atomic E-state index is 12.6. The zero-order valence-corrected chi connectivity index (χ0v) is 14.5. The Labute approximate surface area is 150 Å². The van der Waals surface area contributed by atoms with Crippen LogP contribution in [0.4, 0.5) is 10.5 Å². The minimum atomic E-state index is -0.333. The van der Waals surface area contributed by atoms with Gasteiger partial charge in [0.1, 0.15) is 5.75 Å². The van der Waals surface area contributed by atoms with E-state index in [1.807, 2.05) is 49.4 Å². The van der Waals surface area contributed by atoms with E-state index >= 15 is 0 Å². The molecule has 1 saturated heterocycles. The number of hydrogen-bond acceptors (Lipinski definition) is 4. The number of carbonyl (C=O) groups is 2. The van der Waals surface area contributed by atoms with Crippen LogP contribution in [0, 0.1) is 0 Å². The van der Waals surface area contributed by atoms with Crippen LogP contribution in [-0.4, -0.2) is 17.8 Å². The van der Waals surface area contributed by atoms with Gasteiger partial charge in [0.2, 0.25) is 0 Å². The van der Waals surface area contributed by atoms with E-state index in [0.717, 1.165) is 22.2 Å². The molecule has 0 N–H and O–H groups in total. The number of benzene rings is 2. The molecule has 0 atom stereocenters. The summed E-state index contributed by atoms with van der Waals surface area (Å²) < 4.78 is 5.53. The topological polar surface area (TPSA) is 46.6 Å². The first-order chi connectivity index (χ1) is 12.2. The lowest BCUT2D eigenvalue weighted by Crippen LogP contribution is -2.28. The normalized spacial score (nSPS) is 16.2. The van der Waals surface area contributed by atoms with Gasteiger partial charge in [0, 0.05) is 0 Å². The van der Waals surface area contributed by atoms with Crippen LogP contribution in [0.1, 0.15) is 12.5 Å². The van der Waals surface area contributed by atoms with Crippen molar-refractivity contribution in [1.82, 2.24) is 0 Å². The molecule has 1 aliphatic heterocycles. The van der Waals surface area contributed by atoms with Gasteiger partial charge in [-0.05, 0) is 42.5 Å². The fourth-order valence-corrected chi connectivity index (χ4v) is 3.21. The number of allylic oxidation sites excluding steroid dienone is 2. The first kappa shape index (κ1) is 17.0. The number of para-hydroxylation sites is 2. The zero-order valence-electron chi connectivity index (χ0n) is 13.7. The third kappa shape index (κ3) is 3.83. The number of carbonyl (C=O) groups excluding carboxylic acids is 2. The van der Waals surface area contributed by atoms with Crippen LogP contribution in [0.5, 0.6) is 5.75 Å². The largest absolute Gasteiger partial charge is 0.492 e. The number of rotatable bonds is 5. The minimum Gasteiger partial charge on any atom is -0.492 e. The van der Waals surface area contributed by atoms with Crippen molar-refractivity contribution in [3.63, 3.8) is 0 Å². The summed E-state index contributed by atoms with van der Waals surface area (Å²) >= 11 is 0.930. The predicted molar refractivity (Wildman–Crippen MR) is 102 cm³/mol. The molecule has 1 fully saturated rings. The van der Waals surface area contributed by atoms with Crippen molar-refractivity contribution in [2.24, 2.45) is 0 Å². The van der Waals surface area contributed by atoms with E-state index in [-0.39, 0.29) is 11.1 Å². The maximum Gasteiger partial charge on any atom is 0.298 e. The molecular formula is C20H17NO3S. The van der Waals surface area contributed by atoms with Gasteiger partial charge in [-0.3, -0.25) is 9.59 Å². The third-order valence-electron chi connectivity index (χ3n) is 3.54. The lowest BCUT2D eigenvalue weighted by atomic mass is 10.2. The van der Waals surface area contributed by atoms with Gasteiger partial charge in [0.05, 0.1) is 17.2 Å². The number of imide groups is 1. The van der Waals surface area contributed by atoms with Crippen molar-refractivity contribution < 1.29 is 14.3 Å². The van der Waals surface area contributed by atoms with E-state index in [9.17, 15) is 9.59 Å². The van der Waals surface area contributed by atoms with Crippen molar-refractivity contribution in [3.8, 4) is 5.75 Å². The van der Waals surface area contributed by atoms with Crippen molar-refractivity contribution >= 4 is 34.7 Å². The van der Waals surface area contributed by atoms with Crippen LogP contribution in [-0.2, 0) is 4.79 Å². The highest BCUT2D eigenvalue weighted by Crippen LogP contribution is 2.38. The molecule has 1 heterocycles. The quantitative estimate of drug-likeness (QED) is 0.720. The Balaban J connectivity index is 1.83. The second kappa shape index (κ2) is 7.85. The Kier molecular flexibility index (Phi) is 5.36. The molecule has 2 aromatic rings. The lowest BCUT2D eigenvalue weighted by molar-refractivity contribution is -0.113. The minimum absolute atomic E-state index is 0.323. The Morgan fingerprint density at radius 1 is 1.04 bits per heavy atom. The Morgan fingerprint density at radius 2 is 1.76 bits per heavy atom. The number of nitrogens with zero attached hydrogens (tertiary/aromatic N) is 1. The number of amides is 2. The molecule has 126 valence electrons. The van der Waals surface area contributed by atoms with Crippen LogP contribution in [0.15, 0.2) is 71.7 Å². The van der Waals surface area contributed by atoms with E-state index in [4.69, 9.17) is 4.74 Å². The number of ether oxygens (including phenoxy) is 1. The number of thioether (sulfide) groups is 1. The van der Waals surface area contributed by atoms with Crippen LogP contribution >= 0.6 is 11.8 Å². The highest BCUT2D eigenvalue weighted by atomic mass is 32.2. The summed E-state index contributed by atoms with van der Waals surface area (Å²) in [5.74, 6) is 0.188. The molecule has 0 spiro atoms. The summed E-state index contributed by atoms with van der Waals surface area (Å²) in [6.45, 7) is 2.32. The summed E-state index contributed by atoms with van der Waals surface area (Å²) in [7, 11) is 0. The van der Waals surface area contributed by atoms with E-state index < -0.39 is 0 Å². The molecule has 3 rings (SSSR count). The fourth-order valence-electron chi connectivity index (χ4n) is 2.42. The zero-order chi connectivity index (χ0) is 17.6. The SMILES string of the molecule is CCOc1ccccc1N1C(=O)S/C(=C\C=C\c2ccccc2)C1=O. The predicted octanol–water partition coefficient (Wildman–Crippen LogP) is 4.88. The first-order valence-corrected chi connectivity index (χ1v) is 8.74. The molecule has 4 nitrogen and oxygen atoms in total. The van der Waals surface area contributed by atoms with E-state index in [2.05, 4.69) is 0 Å². The molecule has 0 radical (unpaired) electrons. The van der Waals surface area contributed by atoms with Crippen LogP contribution in [0.3, 0.4) is 0 Å². The van der Waals surface area contributed by atoms with Gasteiger partial charge < -0.3 is 4.74 Å². The monoisotopic (exact) mass is 351 g/mol. The van der Waals surface area contributed by atoms with Crippen molar-refractivity contribution in [2.45, 2.75) is 6.92 Å². The number of anilines is 1. The molecule has 2 aromatic carbocycles. The molecule has 2 amide bonds. The van der Waals surface area contributed by atoms with Gasteiger partial charge >= 0.3 is 0 Å². The second-order valence-electron chi connectivity index (χ2n) is 5.21. The first-order valence-electron chi connectivity index (χ1n) is 7.92. The van der Waals surface area contributed by atoms with Crippen LogP contribution in [0.25, 0.3) is 6.08 Å². The molecule has 0 unspecified atom stereocenters. The average molecular weight is 351 g/mol.